The van der Waals surface area contributed by atoms with Crippen LogP contribution in [0.3, 0.4) is 0 Å². The van der Waals surface area contributed by atoms with E-state index in [1.165, 1.54) is 0 Å². The number of fused-ring (bicyclic) bond motifs is 1. The molecule has 4 aromatic rings. The molecule has 9 rings (SSSR count). The maximum atomic E-state index is 13.6. The van der Waals surface area contributed by atoms with Crippen molar-refractivity contribution in [1.29, 1.82) is 0 Å². The predicted molar refractivity (Wildman–Crippen MR) is 208 cm³/mol. The number of hydrogen-bond acceptors (Lipinski definition) is 18. The molecule has 21 heteroatoms. The van der Waals surface area contributed by atoms with E-state index in [9.17, 15) is 60.7 Å². The minimum atomic E-state index is -1.96. The fourth-order valence-electron chi connectivity index (χ4n) is 9.70. The lowest BCUT2D eigenvalue weighted by molar-refractivity contribution is -0.375. The molecular weight excluding hydrogens is 820 g/mol. The molecule has 21 nitrogen and oxygen atoms in total. The lowest BCUT2D eigenvalue weighted by Gasteiger charge is -2.49. The van der Waals surface area contributed by atoms with Crippen LogP contribution < -0.4 is 5.32 Å². The molecule has 7 heterocycles. The third-order valence-electron chi connectivity index (χ3n) is 12.9. The minimum absolute atomic E-state index is 0.0936. The van der Waals surface area contributed by atoms with E-state index in [-0.39, 0.29) is 6.67 Å². The zero-order valence-electron chi connectivity index (χ0n) is 33.0. The molecule has 0 saturated carbocycles. The second-order valence-corrected chi connectivity index (χ2v) is 16.5. The van der Waals surface area contributed by atoms with Crippen LogP contribution in [-0.4, -0.2) is 196 Å². The van der Waals surface area contributed by atoms with E-state index in [2.05, 4.69) is 10.3 Å². The van der Waals surface area contributed by atoms with Crippen LogP contribution in [0.5, 0.6) is 0 Å². The second kappa shape index (κ2) is 17.2. The average molecular weight is 871 g/mol. The van der Waals surface area contributed by atoms with Crippen LogP contribution >= 0.6 is 0 Å². The molecule has 5 aliphatic rings. The van der Waals surface area contributed by atoms with Gasteiger partial charge in [-0.25, -0.2) is 0 Å². The number of aromatic nitrogens is 2. The number of nitrogens with zero attached hydrogens (tertiary/aromatic N) is 2. The van der Waals surface area contributed by atoms with E-state index in [4.69, 9.17) is 23.7 Å². The highest BCUT2D eigenvalue weighted by Gasteiger charge is 2.54. The lowest BCUT2D eigenvalue weighted by atomic mass is 9.83. The van der Waals surface area contributed by atoms with Gasteiger partial charge in [0.2, 0.25) is 11.8 Å². The highest BCUT2D eigenvalue weighted by Crippen LogP contribution is 2.44. The van der Waals surface area contributed by atoms with E-state index >= 15 is 0 Å². The average Bonchev–Trinajstić information content (AvgIpc) is 3.90. The normalized spacial score (nSPS) is 39.4. The molecule has 62 heavy (non-hydrogen) atoms. The van der Waals surface area contributed by atoms with Crippen LogP contribution in [-0.2, 0) is 46.4 Å². The number of aliphatic hydroxyl groups excluding tert-OH is 10. The van der Waals surface area contributed by atoms with E-state index in [0.717, 1.165) is 27.4 Å². The molecule has 17 atom stereocenters. The number of para-hydroxylation sites is 2. The lowest BCUT2D eigenvalue weighted by Crippen LogP contribution is -2.67. The SMILES string of the molecule is O=C1NC(=O)[C@@H](c2cn3c4c(cccc24)CCN(C2O[C@H](CO)[C@@H](O[C@@H]4O[C@H](CO)[C@@H](O[C@@H]5O[C@H](CO)[C@@H](O)[C@H](O)[C@H]5O)[C@H](O)[C@H]4O)[C@H](O)[C@H]2O)C3)[C@@H]1c1c[nH]c2ccccc12. The van der Waals surface area contributed by atoms with Crippen molar-refractivity contribution in [2.24, 2.45) is 0 Å². The van der Waals surface area contributed by atoms with Gasteiger partial charge in [-0.15, -0.1) is 0 Å². The Morgan fingerprint density at radius 1 is 0.645 bits per heavy atom. The smallest absolute Gasteiger partial charge is 0.235 e. The van der Waals surface area contributed by atoms with E-state index in [0.29, 0.717) is 24.1 Å². The van der Waals surface area contributed by atoms with Crippen LogP contribution in [0.2, 0.25) is 0 Å². The number of amides is 2. The standard InChI is InChI=1S/C41H50N4O17/c46-12-22-28(49)29(50)33(54)40(59-22)62-36-24(14-48)60-41(34(55)31(36)52)61-35-23(13-47)58-39(32(53)30(35)51)44-9-8-16-4-3-6-18-20(11-45(15-44)27(16)18)26-25(37(56)43-38(26)57)19-10-42-21-7-2-1-5-17(19)21/h1-7,10-11,22-26,28-36,39-42,46-55H,8-9,12-15H2,(H,43,56,57)/t22-,23-,24-,25+,26+,28-,29+,30-,31-,32-,33-,34-,35-,36-,39?,40+,41+/m1/s1. The molecule has 2 aromatic carbocycles. The van der Waals surface area contributed by atoms with Crippen LogP contribution in [0.25, 0.3) is 21.8 Å². The Kier molecular flexibility index (Phi) is 12.0. The van der Waals surface area contributed by atoms with Crippen LogP contribution in [0.15, 0.2) is 54.9 Å². The first kappa shape index (κ1) is 43.3. The number of carbonyl (C=O) groups is 2. The Hall–Kier alpha value is -3.98. The summed E-state index contributed by atoms with van der Waals surface area (Å²) in [6.45, 7) is -1.94. The van der Waals surface area contributed by atoms with Crippen molar-refractivity contribution in [2.45, 2.75) is 117 Å². The Balaban J connectivity index is 0.925. The van der Waals surface area contributed by atoms with Crippen molar-refractivity contribution in [2.75, 3.05) is 26.4 Å². The van der Waals surface area contributed by atoms with Gasteiger partial charge in [0.05, 0.1) is 43.8 Å². The molecular formula is C41H50N4O17. The van der Waals surface area contributed by atoms with Gasteiger partial charge in [-0.05, 0) is 29.2 Å². The van der Waals surface area contributed by atoms with Gasteiger partial charge in [0, 0.05) is 35.2 Å². The number of nitrogens with one attached hydrogen (secondary N) is 2. The monoisotopic (exact) mass is 870 g/mol. The van der Waals surface area contributed by atoms with Gasteiger partial charge in [0.1, 0.15) is 79.5 Å². The topological polar surface area (TPSA) is 319 Å². The fourth-order valence-corrected chi connectivity index (χ4v) is 9.70. The molecule has 0 aliphatic carbocycles. The van der Waals surface area contributed by atoms with Crippen molar-refractivity contribution in [3.8, 4) is 0 Å². The maximum absolute atomic E-state index is 13.6. The van der Waals surface area contributed by atoms with Gasteiger partial charge in [0.25, 0.3) is 0 Å². The number of rotatable bonds is 10. The van der Waals surface area contributed by atoms with Gasteiger partial charge < -0.3 is 84.3 Å². The molecule has 2 aromatic heterocycles. The van der Waals surface area contributed by atoms with Crippen LogP contribution in [0.1, 0.15) is 28.5 Å². The van der Waals surface area contributed by atoms with E-state index in [1.54, 1.807) is 11.1 Å². The Bertz CT molecular complexity index is 2270. The summed E-state index contributed by atoms with van der Waals surface area (Å²) in [5, 5.41) is 111. The first-order chi connectivity index (χ1) is 29.8. The summed E-state index contributed by atoms with van der Waals surface area (Å²) in [5.74, 6) is -2.53. The molecule has 1 unspecified atom stereocenters. The van der Waals surface area contributed by atoms with Crippen molar-refractivity contribution in [3.63, 3.8) is 0 Å². The highest BCUT2D eigenvalue weighted by atomic mass is 16.7. The molecule has 4 saturated heterocycles. The van der Waals surface area contributed by atoms with Gasteiger partial charge in [0.15, 0.2) is 12.6 Å². The summed E-state index contributed by atoms with van der Waals surface area (Å²) in [5.41, 5.74) is 3.88. The summed E-state index contributed by atoms with van der Waals surface area (Å²) < 4.78 is 30.7. The van der Waals surface area contributed by atoms with Gasteiger partial charge in [-0.3, -0.25) is 19.8 Å². The van der Waals surface area contributed by atoms with Gasteiger partial charge in [-0.2, -0.15) is 0 Å². The highest BCUT2D eigenvalue weighted by molar-refractivity contribution is 6.13. The Labute approximate surface area is 352 Å². The predicted octanol–water partition coefficient (Wildman–Crippen LogP) is -4.09. The van der Waals surface area contributed by atoms with Crippen molar-refractivity contribution >= 4 is 33.6 Å². The molecule has 336 valence electrons. The summed E-state index contributed by atoms with van der Waals surface area (Å²) in [6, 6.07) is 13.2. The van der Waals surface area contributed by atoms with Gasteiger partial charge in [-0.1, -0.05) is 36.4 Å². The number of imide groups is 1. The molecule has 5 aliphatic heterocycles. The van der Waals surface area contributed by atoms with E-state index in [1.807, 2.05) is 53.2 Å². The number of H-pyrrole nitrogens is 1. The van der Waals surface area contributed by atoms with Crippen LogP contribution in [0, 0.1) is 0 Å². The Morgan fingerprint density at radius 3 is 1.94 bits per heavy atom. The number of ether oxygens (including phenoxy) is 5. The first-order valence-electron chi connectivity index (χ1n) is 20.5. The summed E-state index contributed by atoms with van der Waals surface area (Å²) in [7, 11) is 0. The quantitative estimate of drug-likeness (QED) is 0.0674. The molecule has 2 amide bonds. The minimum Gasteiger partial charge on any atom is -0.394 e. The Morgan fingerprint density at radius 2 is 1.24 bits per heavy atom. The zero-order chi connectivity index (χ0) is 43.7. The maximum Gasteiger partial charge on any atom is 0.235 e. The summed E-state index contributed by atoms with van der Waals surface area (Å²) >= 11 is 0. The number of benzene rings is 2. The van der Waals surface area contributed by atoms with Gasteiger partial charge >= 0.3 is 0 Å². The van der Waals surface area contributed by atoms with Crippen LogP contribution in [0.4, 0.5) is 0 Å². The number of aromatic amines is 1. The zero-order valence-corrected chi connectivity index (χ0v) is 33.0. The molecule has 0 bridgehead atoms. The largest absolute Gasteiger partial charge is 0.394 e. The fraction of sp³-hybridized carbons (Fsp3) is 0.561. The number of carbonyl (C=O) groups excluding carboxylic acids is 2. The molecule has 4 fully saturated rings. The third-order valence-corrected chi connectivity index (χ3v) is 12.9. The molecule has 0 spiro atoms. The third kappa shape index (κ3) is 7.24. The summed E-state index contributed by atoms with van der Waals surface area (Å²) in [4.78, 5) is 32.0. The van der Waals surface area contributed by atoms with Crippen molar-refractivity contribution < 1.29 is 84.3 Å². The first-order valence-corrected chi connectivity index (χ1v) is 20.5. The second-order valence-electron chi connectivity index (χ2n) is 16.5. The number of aliphatic hydroxyl groups is 10. The summed E-state index contributed by atoms with van der Waals surface area (Å²) in [6.07, 6.45) is -20.8. The van der Waals surface area contributed by atoms with Crippen molar-refractivity contribution in [3.05, 3.63) is 71.5 Å². The number of hydrogen-bond donors (Lipinski definition) is 12. The van der Waals surface area contributed by atoms with Crippen molar-refractivity contribution in [1.82, 2.24) is 19.8 Å². The molecule has 0 radical (unpaired) electrons. The van der Waals surface area contributed by atoms with E-state index < -0.39 is 136 Å². The molecule has 12 N–H and O–H groups in total.